The van der Waals surface area contributed by atoms with Crippen molar-refractivity contribution in [3.63, 3.8) is 0 Å². The number of rotatable bonds is 4. The Morgan fingerprint density at radius 1 is 1.33 bits per heavy atom. The lowest BCUT2D eigenvalue weighted by Gasteiger charge is -2.13. The van der Waals surface area contributed by atoms with E-state index in [1.165, 1.54) is 0 Å². The van der Waals surface area contributed by atoms with Gasteiger partial charge >= 0.3 is 0 Å². The Kier molecular flexibility index (Phi) is 4.55. The Morgan fingerprint density at radius 3 is 2.60 bits per heavy atom. The number of hydrogen-bond donors (Lipinski definition) is 3. The fourth-order valence-electron chi connectivity index (χ4n) is 1.72. The normalized spacial score (nSPS) is 24.9. The van der Waals surface area contributed by atoms with E-state index in [4.69, 9.17) is 0 Å². The maximum atomic E-state index is 11.6. The van der Waals surface area contributed by atoms with Gasteiger partial charge < -0.3 is 16.0 Å². The molecule has 1 saturated heterocycles. The summed E-state index contributed by atoms with van der Waals surface area (Å²) in [5.74, 6) is 0.182. The number of carbonyl (C=O) groups excluding carboxylic acids is 2. The van der Waals surface area contributed by atoms with Crippen LogP contribution in [-0.2, 0) is 9.59 Å². The lowest BCUT2D eigenvalue weighted by molar-refractivity contribution is -0.128. The number of hydrogen-bond acceptors (Lipinski definition) is 3. The van der Waals surface area contributed by atoms with Crippen LogP contribution < -0.4 is 16.0 Å². The Labute approximate surface area is 90.0 Å². The summed E-state index contributed by atoms with van der Waals surface area (Å²) >= 11 is 0. The minimum Gasteiger partial charge on any atom is -0.355 e. The van der Waals surface area contributed by atoms with E-state index in [-0.39, 0.29) is 24.3 Å². The van der Waals surface area contributed by atoms with Crippen molar-refractivity contribution in [2.45, 2.75) is 13.8 Å². The molecule has 0 spiro atoms. The minimum atomic E-state index is -0.135. The standard InChI is InChI=1S/C10H19N3O2/c1-3-12-9(14)6-13-10(15)8-5-11-4-7(8)2/h7-8,11H,3-6H2,1-2H3,(H,12,14)(H,13,15)/t7-,8-/m1/s1. The first-order chi connectivity index (χ1) is 7.15. The summed E-state index contributed by atoms with van der Waals surface area (Å²) in [6.45, 7) is 6.15. The predicted molar refractivity (Wildman–Crippen MR) is 57.2 cm³/mol. The van der Waals surface area contributed by atoms with Crippen LogP contribution in [0.15, 0.2) is 0 Å². The first-order valence-corrected chi connectivity index (χ1v) is 5.40. The molecule has 0 saturated carbocycles. The van der Waals surface area contributed by atoms with Gasteiger partial charge in [0.2, 0.25) is 11.8 Å². The molecule has 0 aliphatic carbocycles. The Bertz CT molecular complexity index is 243. The van der Waals surface area contributed by atoms with Crippen molar-refractivity contribution in [3.05, 3.63) is 0 Å². The lowest BCUT2D eigenvalue weighted by Crippen LogP contribution is -2.41. The summed E-state index contributed by atoms with van der Waals surface area (Å²) < 4.78 is 0. The Balaban J connectivity index is 2.26. The molecule has 15 heavy (non-hydrogen) atoms. The zero-order valence-electron chi connectivity index (χ0n) is 9.30. The van der Waals surface area contributed by atoms with E-state index in [9.17, 15) is 9.59 Å². The number of nitrogens with one attached hydrogen (secondary N) is 3. The van der Waals surface area contributed by atoms with Crippen LogP contribution in [0.5, 0.6) is 0 Å². The van der Waals surface area contributed by atoms with E-state index < -0.39 is 0 Å². The van der Waals surface area contributed by atoms with E-state index in [0.29, 0.717) is 19.0 Å². The molecule has 5 heteroatoms. The molecule has 1 aliphatic heterocycles. The maximum absolute atomic E-state index is 11.6. The second-order valence-electron chi connectivity index (χ2n) is 3.91. The number of likely N-dealkylation sites (N-methyl/N-ethyl adjacent to an activating group) is 1. The lowest BCUT2D eigenvalue weighted by atomic mass is 9.97. The summed E-state index contributed by atoms with van der Waals surface area (Å²) in [6.07, 6.45) is 0. The summed E-state index contributed by atoms with van der Waals surface area (Å²) in [4.78, 5) is 22.7. The molecule has 1 heterocycles. The Morgan fingerprint density at radius 2 is 2.07 bits per heavy atom. The summed E-state index contributed by atoms with van der Waals surface area (Å²) in [6, 6.07) is 0. The molecule has 3 N–H and O–H groups in total. The average Bonchev–Trinajstić information content (AvgIpc) is 2.61. The number of carbonyl (C=O) groups is 2. The van der Waals surface area contributed by atoms with Gasteiger partial charge in [-0.05, 0) is 19.4 Å². The smallest absolute Gasteiger partial charge is 0.239 e. The maximum Gasteiger partial charge on any atom is 0.239 e. The van der Waals surface area contributed by atoms with Crippen LogP contribution in [0, 0.1) is 11.8 Å². The highest BCUT2D eigenvalue weighted by molar-refractivity contribution is 5.86. The second kappa shape index (κ2) is 5.70. The third kappa shape index (κ3) is 3.51. The largest absolute Gasteiger partial charge is 0.355 e. The van der Waals surface area contributed by atoms with E-state index in [1.54, 1.807) is 0 Å². The molecule has 5 nitrogen and oxygen atoms in total. The zero-order chi connectivity index (χ0) is 11.3. The minimum absolute atomic E-state index is 0.000531. The fraction of sp³-hybridized carbons (Fsp3) is 0.800. The van der Waals surface area contributed by atoms with Crippen molar-refractivity contribution >= 4 is 11.8 Å². The van der Waals surface area contributed by atoms with E-state index >= 15 is 0 Å². The highest BCUT2D eigenvalue weighted by Crippen LogP contribution is 2.15. The topological polar surface area (TPSA) is 70.2 Å². The molecule has 0 unspecified atom stereocenters. The molecule has 0 aromatic rings. The van der Waals surface area contributed by atoms with E-state index in [1.807, 2.05) is 13.8 Å². The first kappa shape index (κ1) is 12.0. The molecule has 2 amide bonds. The van der Waals surface area contributed by atoms with Crippen LogP contribution in [0.25, 0.3) is 0 Å². The van der Waals surface area contributed by atoms with Gasteiger partial charge in [0.1, 0.15) is 0 Å². The molecular weight excluding hydrogens is 194 g/mol. The highest BCUT2D eigenvalue weighted by atomic mass is 16.2. The van der Waals surface area contributed by atoms with Crippen LogP contribution in [0.4, 0.5) is 0 Å². The van der Waals surface area contributed by atoms with Crippen LogP contribution in [-0.4, -0.2) is 38.0 Å². The van der Waals surface area contributed by atoms with Crippen molar-refractivity contribution in [1.29, 1.82) is 0 Å². The van der Waals surface area contributed by atoms with Gasteiger partial charge in [-0.1, -0.05) is 6.92 Å². The van der Waals surface area contributed by atoms with Gasteiger partial charge in [-0.15, -0.1) is 0 Å². The van der Waals surface area contributed by atoms with Gasteiger partial charge in [0.05, 0.1) is 12.5 Å². The van der Waals surface area contributed by atoms with Crippen LogP contribution >= 0.6 is 0 Å². The molecule has 0 aromatic heterocycles. The fourth-order valence-corrected chi connectivity index (χ4v) is 1.72. The van der Waals surface area contributed by atoms with E-state index in [2.05, 4.69) is 16.0 Å². The van der Waals surface area contributed by atoms with E-state index in [0.717, 1.165) is 6.54 Å². The van der Waals surface area contributed by atoms with Gasteiger partial charge in [0.25, 0.3) is 0 Å². The summed E-state index contributed by atoms with van der Waals surface area (Å²) in [7, 11) is 0. The van der Waals surface area contributed by atoms with Crippen molar-refractivity contribution < 1.29 is 9.59 Å². The van der Waals surface area contributed by atoms with Crippen LogP contribution in [0.3, 0.4) is 0 Å². The van der Waals surface area contributed by atoms with Gasteiger partial charge in [0.15, 0.2) is 0 Å². The summed E-state index contributed by atoms with van der Waals surface area (Å²) in [5, 5.41) is 8.44. The molecule has 0 radical (unpaired) electrons. The van der Waals surface area contributed by atoms with Crippen molar-refractivity contribution in [1.82, 2.24) is 16.0 Å². The molecule has 1 rings (SSSR count). The highest BCUT2D eigenvalue weighted by Gasteiger charge is 2.29. The third-order valence-corrected chi connectivity index (χ3v) is 2.65. The van der Waals surface area contributed by atoms with Crippen molar-refractivity contribution in [3.8, 4) is 0 Å². The molecule has 0 aromatic carbocycles. The Hall–Kier alpha value is -1.10. The number of amides is 2. The van der Waals surface area contributed by atoms with Gasteiger partial charge in [-0.25, -0.2) is 0 Å². The van der Waals surface area contributed by atoms with Gasteiger partial charge in [0, 0.05) is 13.1 Å². The zero-order valence-corrected chi connectivity index (χ0v) is 9.30. The first-order valence-electron chi connectivity index (χ1n) is 5.40. The predicted octanol–water partition coefficient (Wildman–Crippen LogP) is -0.906. The van der Waals surface area contributed by atoms with Gasteiger partial charge in [-0.3, -0.25) is 9.59 Å². The third-order valence-electron chi connectivity index (χ3n) is 2.65. The molecule has 86 valence electrons. The van der Waals surface area contributed by atoms with Gasteiger partial charge in [-0.2, -0.15) is 0 Å². The second-order valence-corrected chi connectivity index (χ2v) is 3.91. The molecule has 2 atom stereocenters. The van der Waals surface area contributed by atoms with Crippen LogP contribution in [0.2, 0.25) is 0 Å². The SMILES string of the molecule is CCNC(=O)CNC(=O)[C@@H]1CNC[C@H]1C. The average molecular weight is 213 g/mol. The summed E-state index contributed by atoms with van der Waals surface area (Å²) in [5.41, 5.74) is 0. The van der Waals surface area contributed by atoms with Crippen molar-refractivity contribution in [2.24, 2.45) is 11.8 Å². The molecule has 1 fully saturated rings. The monoisotopic (exact) mass is 213 g/mol. The van der Waals surface area contributed by atoms with Crippen molar-refractivity contribution in [2.75, 3.05) is 26.2 Å². The molecular formula is C10H19N3O2. The molecule has 0 bridgehead atoms. The van der Waals surface area contributed by atoms with Crippen LogP contribution in [0.1, 0.15) is 13.8 Å². The quantitative estimate of drug-likeness (QED) is 0.566. The molecule has 1 aliphatic rings.